The van der Waals surface area contributed by atoms with Gasteiger partial charge in [0.25, 0.3) is 0 Å². The van der Waals surface area contributed by atoms with Crippen LogP contribution in [0.2, 0.25) is 0 Å². The molecule has 94 valence electrons. The van der Waals surface area contributed by atoms with Gasteiger partial charge in [0.2, 0.25) is 0 Å². The van der Waals surface area contributed by atoms with E-state index >= 15 is 0 Å². The van der Waals surface area contributed by atoms with Crippen molar-refractivity contribution in [2.24, 2.45) is 0 Å². The summed E-state index contributed by atoms with van der Waals surface area (Å²) >= 11 is 0. The highest BCUT2D eigenvalue weighted by Crippen LogP contribution is 2.38. The Balaban J connectivity index is 1.97. The minimum Gasteiger partial charge on any atom is -0.308 e. The Hall–Kier alpha value is -1.61. The summed E-state index contributed by atoms with van der Waals surface area (Å²) in [4.78, 5) is 0. The summed E-state index contributed by atoms with van der Waals surface area (Å²) < 4.78 is 2.11. The van der Waals surface area contributed by atoms with Crippen LogP contribution >= 0.6 is 0 Å². The van der Waals surface area contributed by atoms with E-state index in [1.807, 2.05) is 6.20 Å². The zero-order valence-corrected chi connectivity index (χ0v) is 10.9. The standard InChI is InChI=1S/C15H19N3/c1-3-16-15-13-7-5-4-6-12(13)8-14(15)18-10-11(2)9-17-18/h4-7,9-10,14-16H,3,8H2,1-2H3. The maximum atomic E-state index is 4.49. The van der Waals surface area contributed by atoms with E-state index < -0.39 is 0 Å². The Kier molecular flexibility index (Phi) is 2.92. The first-order valence-electron chi connectivity index (χ1n) is 6.61. The minimum absolute atomic E-state index is 0.380. The average molecular weight is 241 g/mol. The molecule has 0 aliphatic heterocycles. The van der Waals surface area contributed by atoms with E-state index in [9.17, 15) is 0 Å². The van der Waals surface area contributed by atoms with Crippen LogP contribution in [0.4, 0.5) is 0 Å². The number of hydrogen-bond acceptors (Lipinski definition) is 2. The fraction of sp³-hybridized carbons (Fsp3) is 0.400. The molecule has 0 amide bonds. The van der Waals surface area contributed by atoms with E-state index in [4.69, 9.17) is 0 Å². The largest absolute Gasteiger partial charge is 0.308 e. The molecule has 1 N–H and O–H groups in total. The lowest BCUT2D eigenvalue weighted by atomic mass is 10.1. The summed E-state index contributed by atoms with van der Waals surface area (Å²) in [6, 6.07) is 9.49. The number of likely N-dealkylation sites (N-methyl/N-ethyl adjacent to an activating group) is 1. The molecule has 2 atom stereocenters. The number of nitrogens with zero attached hydrogens (tertiary/aromatic N) is 2. The van der Waals surface area contributed by atoms with Gasteiger partial charge in [-0.15, -0.1) is 0 Å². The molecule has 3 heteroatoms. The normalized spacial score (nSPS) is 22.1. The molecule has 1 aromatic carbocycles. The second-order valence-electron chi connectivity index (χ2n) is 5.00. The number of rotatable bonds is 3. The third-order valence-corrected chi connectivity index (χ3v) is 3.70. The van der Waals surface area contributed by atoms with Gasteiger partial charge in [-0.3, -0.25) is 4.68 Å². The Morgan fingerprint density at radius 1 is 1.39 bits per heavy atom. The van der Waals surface area contributed by atoms with Crippen LogP contribution in [0.5, 0.6) is 0 Å². The zero-order chi connectivity index (χ0) is 12.5. The van der Waals surface area contributed by atoms with Crippen LogP contribution < -0.4 is 5.32 Å². The summed E-state index contributed by atoms with van der Waals surface area (Å²) in [7, 11) is 0. The highest BCUT2D eigenvalue weighted by Gasteiger charge is 2.33. The molecule has 2 unspecified atom stereocenters. The van der Waals surface area contributed by atoms with Gasteiger partial charge >= 0.3 is 0 Å². The summed E-state index contributed by atoms with van der Waals surface area (Å²) in [5.74, 6) is 0. The van der Waals surface area contributed by atoms with E-state index in [2.05, 4.69) is 59.4 Å². The van der Waals surface area contributed by atoms with Gasteiger partial charge in [0.15, 0.2) is 0 Å². The first-order chi connectivity index (χ1) is 8.79. The van der Waals surface area contributed by atoms with Crippen molar-refractivity contribution in [2.45, 2.75) is 32.4 Å². The Bertz CT molecular complexity index is 544. The van der Waals surface area contributed by atoms with Crippen LogP contribution in [0, 0.1) is 6.92 Å². The van der Waals surface area contributed by atoms with Crippen LogP contribution in [-0.2, 0) is 6.42 Å². The quantitative estimate of drug-likeness (QED) is 0.895. The van der Waals surface area contributed by atoms with Crippen molar-refractivity contribution in [3.63, 3.8) is 0 Å². The highest BCUT2D eigenvalue weighted by molar-refractivity contribution is 5.36. The molecule has 1 aliphatic rings. The molecule has 0 fully saturated rings. The fourth-order valence-corrected chi connectivity index (χ4v) is 2.90. The van der Waals surface area contributed by atoms with E-state index in [-0.39, 0.29) is 0 Å². The first-order valence-corrected chi connectivity index (χ1v) is 6.61. The molecule has 0 saturated heterocycles. The molecule has 3 rings (SSSR count). The lowest BCUT2D eigenvalue weighted by Crippen LogP contribution is -2.27. The van der Waals surface area contributed by atoms with Crippen LogP contribution in [0.25, 0.3) is 0 Å². The number of fused-ring (bicyclic) bond motifs is 1. The lowest BCUT2D eigenvalue weighted by Gasteiger charge is -2.21. The Morgan fingerprint density at radius 3 is 2.94 bits per heavy atom. The Labute approximate surface area is 108 Å². The van der Waals surface area contributed by atoms with Crippen LogP contribution in [0.3, 0.4) is 0 Å². The second-order valence-corrected chi connectivity index (χ2v) is 5.00. The summed E-state index contributed by atoms with van der Waals surface area (Å²) in [5, 5.41) is 8.09. The van der Waals surface area contributed by atoms with Crippen molar-refractivity contribution in [1.82, 2.24) is 15.1 Å². The maximum Gasteiger partial charge on any atom is 0.0754 e. The predicted molar refractivity (Wildman–Crippen MR) is 72.6 cm³/mol. The Morgan fingerprint density at radius 2 is 2.22 bits per heavy atom. The number of aromatic nitrogens is 2. The van der Waals surface area contributed by atoms with Gasteiger partial charge in [-0.25, -0.2) is 0 Å². The summed E-state index contributed by atoms with van der Waals surface area (Å²) in [6.07, 6.45) is 5.14. The van der Waals surface area contributed by atoms with E-state index in [0.717, 1.165) is 13.0 Å². The molecule has 0 spiro atoms. The second kappa shape index (κ2) is 4.58. The van der Waals surface area contributed by atoms with Gasteiger partial charge in [-0.1, -0.05) is 31.2 Å². The maximum absolute atomic E-state index is 4.49. The molecule has 18 heavy (non-hydrogen) atoms. The first kappa shape index (κ1) is 11.5. The van der Waals surface area contributed by atoms with Crippen molar-refractivity contribution >= 4 is 0 Å². The lowest BCUT2D eigenvalue weighted by molar-refractivity contribution is 0.359. The zero-order valence-electron chi connectivity index (χ0n) is 10.9. The molecular formula is C15H19N3. The third kappa shape index (κ3) is 1.85. The summed E-state index contributed by atoms with van der Waals surface area (Å²) in [6.45, 7) is 5.23. The van der Waals surface area contributed by atoms with E-state index in [0.29, 0.717) is 12.1 Å². The predicted octanol–water partition coefficient (Wildman–Crippen LogP) is 2.64. The SMILES string of the molecule is CCNC1c2ccccc2CC1n1cc(C)cn1. The van der Waals surface area contributed by atoms with Crippen molar-refractivity contribution in [2.75, 3.05) is 6.54 Å². The van der Waals surface area contributed by atoms with Crippen LogP contribution in [-0.4, -0.2) is 16.3 Å². The van der Waals surface area contributed by atoms with Crippen molar-refractivity contribution in [3.05, 3.63) is 53.3 Å². The molecule has 1 aliphatic carbocycles. The molecule has 0 saturated carbocycles. The van der Waals surface area contributed by atoms with Gasteiger partial charge < -0.3 is 5.32 Å². The molecule has 0 bridgehead atoms. The minimum atomic E-state index is 0.380. The number of nitrogens with one attached hydrogen (secondary N) is 1. The number of aryl methyl sites for hydroxylation is 1. The molecular weight excluding hydrogens is 222 g/mol. The fourth-order valence-electron chi connectivity index (χ4n) is 2.90. The molecule has 3 nitrogen and oxygen atoms in total. The smallest absolute Gasteiger partial charge is 0.0754 e. The van der Waals surface area contributed by atoms with E-state index in [1.54, 1.807) is 0 Å². The molecule has 1 aromatic heterocycles. The van der Waals surface area contributed by atoms with Crippen molar-refractivity contribution in [1.29, 1.82) is 0 Å². The van der Waals surface area contributed by atoms with Gasteiger partial charge in [0.1, 0.15) is 0 Å². The molecule has 1 heterocycles. The molecule has 2 aromatic rings. The van der Waals surface area contributed by atoms with Gasteiger partial charge in [-0.05, 0) is 36.6 Å². The van der Waals surface area contributed by atoms with Crippen molar-refractivity contribution < 1.29 is 0 Å². The van der Waals surface area contributed by atoms with Gasteiger partial charge in [0, 0.05) is 6.20 Å². The third-order valence-electron chi connectivity index (χ3n) is 3.70. The van der Waals surface area contributed by atoms with E-state index in [1.165, 1.54) is 16.7 Å². The topological polar surface area (TPSA) is 29.9 Å². The number of benzene rings is 1. The number of hydrogen-bond donors (Lipinski definition) is 1. The van der Waals surface area contributed by atoms with Crippen molar-refractivity contribution in [3.8, 4) is 0 Å². The van der Waals surface area contributed by atoms with Crippen LogP contribution in [0.1, 0.15) is 35.7 Å². The van der Waals surface area contributed by atoms with Gasteiger partial charge in [0.05, 0.1) is 18.3 Å². The molecule has 0 radical (unpaired) electrons. The average Bonchev–Trinajstić information content (AvgIpc) is 2.95. The highest BCUT2D eigenvalue weighted by atomic mass is 15.3. The van der Waals surface area contributed by atoms with Gasteiger partial charge in [-0.2, -0.15) is 5.10 Å². The van der Waals surface area contributed by atoms with Crippen LogP contribution in [0.15, 0.2) is 36.7 Å². The summed E-state index contributed by atoms with van der Waals surface area (Å²) in [5.41, 5.74) is 4.10. The monoisotopic (exact) mass is 241 g/mol.